The standard InChI is InChI=1S/C29H36N4O2/c1-20-15-24(16-21(2)28(20)35-3)23-9-10-27-31-26(19-33(27)18-23)29(34)30-25-11-13-32(14-12-25)17-22-7-5-4-6-8-22/h4-8,15-16,19,23,25H,9-14,17-18H2,1-3H3,(H,30,34)/t23-/m1/s1. The molecule has 6 nitrogen and oxygen atoms in total. The number of hydrogen-bond donors (Lipinski definition) is 1. The van der Waals surface area contributed by atoms with Crippen molar-refractivity contribution < 1.29 is 9.53 Å². The number of carbonyl (C=O) groups excluding carboxylic acids is 1. The number of aryl methyl sites for hydroxylation is 3. The number of piperidine rings is 1. The number of nitrogens with one attached hydrogen (secondary N) is 1. The Labute approximate surface area is 208 Å². The second-order valence-electron chi connectivity index (χ2n) is 10.1. The summed E-state index contributed by atoms with van der Waals surface area (Å²) < 4.78 is 7.72. The Bertz CT molecular complexity index is 1160. The summed E-state index contributed by atoms with van der Waals surface area (Å²) in [6, 6.07) is 15.3. The number of aromatic nitrogens is 2. The van der Waals surface area contributed by atoms with Crippen LogP contribution in [0.15, 0.2) is 48.7 Å². The van der Waals surface area contributed by atoms with Gasteiger partial charge >= 0.3 is 0 Å². The second kappa shape index (κ2) is 10.2. The van der Waals surface area contributed by atoms with Crippen LogP contribution in [0.2, 0.25) is 0 Å². The van der Waals surface area contributed by atoms with Crippen molar-refractivity contribution in [3.05, 3.63) is 82.4 Å². The average molecular weight is 473 g/mol. The molecule has 35 heavy (non-hydrogen) atoms. The number of carbonyl (C=O) groups is 1. The Kier molecular flexibility index (Phi) is 6.91. The molecule has 1 amide bonds. The molecule has 1 fully saturated rings. The normalized spacial score (nSPS) is 18.8. The maximum absolute atomic E-state index is 13.0. The Morgan fingerprint density at radius 2 is 1.80 bits per heavy atom. The van der Waals surface area contributed by atoms with Crippen LogP contribution in [-0.4, -0.2) is 46.6 Å². The number of imidazole rings is 1. The van der Waals surface area contributed by atoms with Gasteiger partial charge in [0.2, 0.25) is 0 Å². The molecule has 1 N–H and O–H groups in total. The third kappa shape index (κ3) is 5.27. The minimum Gasteiger partial charge on any atom is -0.496 e. The van der Waals surface area contributed by atoms with Crippen LogP contribution in [-0.2, 0) is 19.5 Å². The SMILES string of the molecule is COc1c(C)cc([C@@H]2CCc3nc(C(=O)NC4CCN(Cc5ccccc5)CC4)cn3C2)cc1C. The average Bonchev–Trinajstić information content (AvgIpc) is 3.29. The molecule has 0 bridgehead atoms. The fourth-order valence-electron chi connectivity index (χ4n) is 5.70. The number of amides is 1. The summed E-state index contributed by atoms with van der Waals surface area (Å²) in [4.78, 5) is 20.2. The first-order valence-electron chi connectivity index (χ1n) is 12.8. The molecule has 2 aliphatic heterocycles. The van der Waals surface area contributed by atoms with Gasteiger partial charge in [0, 0.05) is 50.8 Å². The van der Waals surface area contributed by atoms with Gasteiger partial charge in [0.15, 0.2) is 0 Å². The maximum Gasteiger partial charge on any atom is 0.271 e. The van der Waals surface area contributed by atoms with Crippen LogP contribution in [0.3, 0.4) is 0 Å². The fraction of sp³-hybridized carbons (Fsp3) is 0.448. The van der Waals surface area contributed by atoms with Gasteiger partial charge in [-0.25, -0.2) is 4.98 Å². The zero-order chi connectivity index (χ0) is 24.4. The van der Waals surface area contributed by atoms with Gasteiger partial charge in [-0.1, -0.05) is 42.5 Å². The van der Waals surface area contributed by atoms with E-state index in [9.17, 15) is 4.79 Å². The van der Waals surface area contributed by atoms with Crippen LogP contribution in [0, 0.1) is 13.8 Å². The lowest BCUT2D eigenvalue weighted by atomic mass is 9.89. The quantitative estimate of drug-likeness (QED) is 0.568. The first-order valence-corrected chi connectivity index (χ1v) is 12.8. The van der Waals surface area contributed by atoms with Crippen LogP contribution in [0.4, 0.5) is 0 Å². The van der Waals surface area contributed by atoms with Crippen molar-refractivity contribution in [2.75, 3.05) is 20.2 Å². The van der Waals surface area contributed by atoms with E-state index in [1.54, 1.807) is 7.11 Å². The van der Waals surface area contributed by atoms with Crippen molar-refractivity contribution in [2.24, 2.45) is 0 Å². The van der Waals surface area contributed by atoms with E-state index in [0.29, 0.717) is 11.6 Å². The highest BCUT2D eigenvalue weighted by Gasteiger charge is 2.26. The number of likely N-dealkylation sites (tertiary alicyclic amines) is 1. The van der Waals surface area contributed by atoms with E-state index >= 15 is 0 Å². The van der Waals surface area contributed by atoms with Crippen LogP contribution < -0.4 is 10.1 Å². The number of nitrogens with zero attached hydrogens (tertiary/aromatic N) is 3. The van der Waals surface area contributed by atoms with Crippen molar-refractivity contribution in [3.63, 3.8) is 0 Å². The van der Waals surface area contributed by atoms with Crippen molar-refractivity contribution >= 4 is 5.91 Å². The highest BCUT2D eigenvalue weighted by atomic mass is 16.5. The third-order valence-corrected chi connectivity index (χ3v) is 7.56. The Morgan fingerprint density at radius 1 is 1.09 bits per heavy atom. The third-order valence-electron chi connectivity index (χ3n) is 7.56. The summed E-state index contributed by atoms with van der Waals surface area (Å²) in [5.41, 5.74) is 5.59. The molecule has 3 heterocycles. The molecule has 2 aliphatic rings. The van der Waals surface area contributed by atoms with E-state index in [2.05, 4.69) is 71.1 Å². The van der Waals surface area contributed by atoms with Crippen LogP contribution >= 0.6 is 0 Å². The van der Waals surface area contributed by atoms with Gasteiger partial charge < -0.3 is 14.6 Å². The Hall–Kier alpha value is -3.12. The summed E-state index contributed by atoms with van der Waals surface area (Å²) >= 11 is 0. The first kappa shape index (κ1) is 23.6. The predicted octanol–water partition coefficient (Wildman–Crippen LogP) is 4.63. The summed E-state index contributed by atoms with van der Waals surface area (Å²) in [5.74, 6) is 2.37. The smallest absolute Gasteiger partial charge is 0.271 e. The fourth-order valence-corrected chi connectivity index (χ4v) is 5.70. The van der Waals surface area contributed by atoms with Gasteiger partial charge in [-0.05, 0) is 55.4 Å². The minimum absolute atomic E-state index is 0.0407. The molecule has 0 saturated carbocycles. The number of benzene rings is 2. The number of fused-ring (bicyclic) bond motifs is 1. The largest absolute Gasteiger partial charge is 0.496 e. The van der Waals surface area contributed by atoms with E-state index < -0.39 is 0 Å². The molecule has 2 aromatic carbocycles. The molecule has 0 radical (unpaired) electrons. The lowest BCUT2D eigenvalue weighted by Gasteiger charge is -2.32. The van der Waals surface area contributed by atoms with Crippen LogP contribution in [0.25, 0.3) is 0 Å². The van der Waals surface area contributed by atoms with Crippen molar-refractivity contribution in [1.29, 1.82) is 0 Å². The van der Waals surface area contributed by atoms with Gasteiger partial charge in [-0.15, -0.1) is 0 Å². The minimum atomic E-state index is -0.0407. The van der Waals surface area contributed by atoms with Crippen molar-refractivity contribution in [1.82, 2.24) is 19.8 Å². The van der Waals surface area contributed by atoms with E-state index in [0.717, 1.165) is 63.4 Å². The predicted molar refractivity (Wildman–Crippen MR) is 138 cm³/mol. The lowest BCUT2D eigenvalue weighted by molar-refractivity contribution is 0.0904. The zero-order valence-corrected chi connectivity index (χ0v) is 21.1. The number of hydrogen-bond acceptors (Lipinski definition) is 4. The number of ether oxygens (including phenoxy) is 1. The van der Waals surface area contributed by atoms with Crippen LogP contribution in [0.5, 0.6) is 5.75 Å². The number of rotatable bonds is 6. The molecule has 1 saturated heterocycles. The maximum atomic E-state index is 13.0. The van der Waals surface area contributed by atoms with E-state index in [4.69, 9.17) is 9.72 Å². The molecule has 6 heteroatoms. The first-order chi connectivity index (χ1) is 17.0. The highest BCUT2D eigenvalue weighted by molar-refractivity contribution is 5.92. The van der Waals surface area contributed by atoms with Crippen molar-refractivity contribution in [3.8, 4) is 5.75 Å². The van der Waals surface area contributed by atoms with Gasteiger partial charge in [-0.2, -0.15) is 0 Å². The molecule has 3 aromatic rings. The van der Waals surface area contributed by atoms with Gasteiger partial charge in [0.25, 0.3) is 5.91 Å². The molecular formula is C29H36N4O2. The molecule has 0 unspecified atom stereocenters. The van der Waals surface area contributed by atoms with E-state index in [-0.39, 0.29) is 11.9 Å². The lowest BCUT2D eigenvalue weighted by Crippen LogP contribution is -2.44. The molecule has 5 rings (SSSR count). The molecule has 1 aromatic heterocycles. The van der Waals surface area contributed by atoms with Crippen molar-refractivity contribution in [2.45, 2.75) is 64.6 Å². The summed E-state index contributed by atoms with van der Waals surface area (Å²) in [5, 5.41) is 3.24. The second-order valence-corrected chi connectivity index (χ2v) is 10.1. The number of methoxy groups -OCH3 is 1. The zero-order valence-electron chi connectivity index (χ0n) is 21.1. The monoisotopic (exact) mass is 472 g/mol. The van der Waals surface area contributed by atoms with E-state index in [1.807, 2.05) is 6.20 Å². The molecule has 184 valence electrons. The Balaban J connectivity index is 1.17. The van der Waals surface area contributed by atoms with Gasteiger partial charge in [-0.3, -0.25) is 9.69 Å². The Morgan fingerprint density at radius 3 is 2.49 bits per heavy atom. The van der Waals surface area contributed by atoms with Gasteiger partial charge in [0.05, 0.1) is 7.11 Å². The molecular weight excluding hydrogens is 436 g/mol. The molecule has 0 spiro atoms. The molecule has 0 aliphatic carbocycles. The summed E-state index contributed by atoms with van der Waals surface area (Å²) in [6.07, 6.45) is 5.84. The summed E-state index contributed by atoms with van der Waals surface area (Å²) in [6.45, 7) is 8.05. The van der Waals surface area contributed by atoms with E-state index in [1.165, 1.54) is 22.3 Å². The summed E-state index contributed by atoms with van der Waals surface area (Å²) in [7, 11) is 1.73. The van der Waals surface area contributed by atoms with Crippen LogP contribution in [0.1, 0.15) is 63.7 Å². The van der Waals surface area contributed by atoms with Gasteiger partial charge in [0.1, 0.15) is 17.3 Å². The molecule has 1 atom stereocenters. The topological polar surface area (TPSA) is 59.4 Å². The highest BCUT2D eigenvalue weighted by Crippen LogP contribution is 2.33.